The Bertz CT molecular complexity index is 1310. The second-order valence-electron chi connectivity index (χ2n) is 9.86. The van der Waals surface area contributed by atoms with E-state index >= 15 is 0 Å². The van der Waals surface area contributed by atoms with Crippen LogP contribution in [0, 0.1) is 5.92 Å². The van der Waals surface area contributed by atoms with Gasteiger partial charge in [-0.3, -0.25) is 19.0 Å². The quantitative estimate of drug-likeness (QED) is 0.432. The molecule has 2 aliphatic rings. The van der Waals surface area contributed by atoms with Crippen LogP contribution in [-0.4, -0.2) is 32.4 Å². The van der Waals surface area contributed by atoms with E-state index in [1.54, 1.807) is 18.2 Å². The van der Waals surface area contributed by atoms with Crippen LogP contribution in [0.1, 0.15) is 80.6 Å². The highest BCUT2D eigenvalue weighted by molar-refractivity contribution is 7.19. The molecule has 1 atom stereocenters. The summed E-state index contributed by atoms with van der Waals surface area (Å²) < 4.78 is 1.91. The lowest BCUT2D eigenvalue weighted by Crippen LogP contribution is -2.35. The van der Waals surface area contributed by atoms with Gasteiger partial charge in [0.05, 0.1) is 23.4 Å². The molecule has 0 radical (unpaired) electrons. The van der Waals surface area contributed by atoms with Crippen molar-refractivity contribution in [2.45, 2.75) is 76.3 Å². The molecule has 0 bridgehead atoms. The fourth-order valence-corrected chi connectivity index (χ4v) is 6.24. The summed E-state index contributed by atoms with van der Waals surface area (Å²) in [6, 6.07) is 4.44. The van der Waals surface area contributed by atoms with E-state index in [2.05, 4.69) is 20.6 Å². The number of anilines is 1. The molecule has 0 spiro atoms. The van der Waals surface area contributed by atoms with Gasteiger partial charge in [0.1, 0.15) is 10.4 Å². The molecule has 1 aromatic carbocycles. The molecule has 2 heterocycles. The Morgan fingerprint density at radius 2 is 1.83 bits per heavy atom. The summed E-state index contributed by atoms with van der Waals surface area (Å²) in [4.78, 5) is 48.2. The zero-order chi connectivity index (χ0) is 25.1. The van der Waals surface area contributed by atoms with E-state index < -0.39 is 6.04 Å². The van der Waals surface area contributed by atoms with Crippen LogP contribution in [0.25, 0.3) is 10.9 Å². The smallest absolute Gasteiger partial charge is 0.261 e. The van der Waals surface area contributed by atoms with Crippen molar-refractivity contribution in [1.82, 2.24) is 19.9 Å². The van der Waals surface area contributed by atoms with Crippen molar-refractivity contribution in [3.8, 4) is 0 Å². The number of nitrogens with one attached hydrogen (secondary N) is 2. The molecule has 2 aliphatic carbocycles. The van der Waals surface area contributed by atoms with Crippen LogP contribution >= 0.6 is 22.9 Å². The van der Waals surface area contributed by atoms with Crippen LogP contribution in [0.4, 0.5) is 5.13 Å². The maximum atomic E-state index is 13.5. The minimum Gasteiger partial charge on any atom is -0.349 e. The van der Waals surface area contributed by atoms with Crippen molar-refractivity contribution in [1.29, 1.82) is 0 Å². The number of nitrogens with zero attached hydrogens (tertiary/aromatic N) is 3. The zero-order valence-electron chi connectivity index (χ0n) is 20.0. The third-order valence-corrected chi connectivity index (χ3v) is 8.39. The molecule has 1 unspecified atom stereocenters. The second kappa shape index (κ2) is 11.1. The van der Waals surface area contributed by atoms with Crippen molar-refractivity contribution in [3.63, 3.8) is 0 Å². The monoisotopic (exact) mass is 527 g/mol. The van der Waals surface area contributed by atoms with Gasteiger partial charge in [0.2, 0.25) is 5.91 Å². The van der Waals surface area contributed by atoms with Gasteiger partial charge in [-0.15, -0.1) is 0 Å². The van der Waals surface area contributed by atoms with Gasteiger partial charge in [0.15, 0.2) is 5.13 Å². The molecule has 2 amide bonds. The highest BCUT2D eigenvalue weighted by Gasteiger charge is 2.28. The van der Waals surface area contributed by atoms with Crippen LogP contribution in [0.3, 0.4) is 0 Å². The van der Waals surface area contributed by atoms with E-state index in [-0.39, 0.29) is 23.4 Å². The van der Waals surface area contributed by atoms with Crippen LogP contribution < -0.4 is 16.2 Å². The number of carbonyl (C=O) groups is 2. The highest BCUT2D eigenvalue weighted by Crippen LogP contribution is 2.32. The Morgan fingerprint density at radius 1 is 1.08 bits per heavy atom. The van der Waals surface area contributed by atoms with Crippen molar-refractivity contribution in [3.05, 3.63) is 51.0 Å². The molecule has 2 saturated carbocycles. The third-order valence-electron chi connectivity index (χ3n) is 7.36. The third kappa shape index (κ3) is 5.62. The van der Waals surface area contributed by atoms with E-state index in [0.29, 0.717) is 38.3 Å². The van der Waals surface area contributed by atoms with Gasteiger partial charge in [-0.25, -0.2) is 9.97 Å². The molecule has 2 aromatic heterocycles. The second-order valence-corrected chi connectivity index (χ2v) is 11.5. The summed E-state index contributed by atoms with van der Waals surface area (Å²) in [7, 11) is 0. The van der Waals surface area contributed by atoms with E-state index in [1.807, 2.05) is 0 Å². The van der Waals surface area contributed by atoms with E-state index in [1.165, 1.54) is 34.8 Å². The first-order valence-corrected chi connectivity index (χ1v) is 13.9. The number of hydrogen-bond donors (Lipinski definition) is 2. The number of halogens is 1. The Morgan fingerprint density at radius 3 is 2.56 bits per heavy atom. The highest BCUT2D eigenvalue weighted by atomic mass is 35.5. The number of aromatic nitrogens is 3. The number of amides is 2. The van der Waals surface area contributed by atoms with Crippen molar-refractivity contribution in [2.24, 2.45) is 5.92 Å². The Hall–Kier alpha value is -2.78. The first-order chi connectivity index (χ1) is 17.5. The molecule has 2 fully saturated rings. The topological polar surface area (TPSA) is 106 Å². The standard InChI is InChI=1S/C26H30ClN5O3S/c27-22-14-28-26(36-22)31-24(34)21(12-16-6-2-1-3-7-16)32-15-29-20-13-17(10-11-19(20)25(32)35)23(33)30-18-8-4-5-9-18/h10-11,13-16,18,21H,1-9,12H2,(H,30,33)(H,28,31,34). The molecule has 0 saturated heterocycles. The summed E-state index contributed by atoms with van der Waals surface area (Å²) in [6.45, 7) is 0. The van der Waals surface area contributed by atoms with E-state index in [9.17, 15) is 14.4 Å². The number of fused-ring (bicyclic) bond motifs is 1. The first-order valence-electron chi connectivity index (χ1n) is 12.7. The number of benzene rings is 1. The lowest BCUT2D eigenvalue weighted by molar-refractivity contribution is -0.120. The minimum absolute atomic E-state index is 0.147. The largest absolute Gasteiger partial charge is 0.349 e. The number of rotatable bonds is 7. The van der Waals surface area contributed by atoms with Crippen LogP contribution in [0.15, 0.2) is 35.5 Å². The van der Waals surface area contributed by atoms with Crippen LogP contribution in [0.2, 0.25) is 4.34 Å². The predicted octanol–water partition coefficient (Wildman–Crippen LogP) is 5.33. The average Bonchev–Trinajstić information content (AvgIpc) is 3.55. The van der Waals surface area contributed by atoms with Gasteiger partial charge in [-0.1, -0.05) is 67.9 Å². The Balaban J connectivity index is 1.42. The van der Waals surface area contributed by atoms with Gasteiger partial charge in [-0.2, -0.15) is 0 Å². The number of hydrogen-bond acceptors (Lipinski definition) is 6. The van der Waals surface area contributed by atoms with Gasteiger partial charge < -0.3 is 10.6 Å². The molecule has 8 nitrogen and oxygen atoms in total. The average molecular weight is 528 g/mol. The van der Waals surface area contributed by atoms with E-state index in [4.69, 9.17) is 11.6 Å². The Labute approximate surface area is 218 Å². The summed E-state index contributed by atoms with van der Waals surface area (Å²) in [6.07, 6.45) is 13.3. The maximum Gasteiger partial charge on any atom is 0.261 e. The molecule has 10 heteroatoms. The normalized spacial score (nSPS) is 17.8. The zero-order valence-corrected chi connectivity index (χ0v) is 21.6. The molecule has 36 heavy (non-hydrogen) atoms. The van der Waals surface area contributed by atoms with Gasteiger partial charge >= 0.3 is 0 Å². The minimum atomic E-state index is -0.717. The molecular formula is C26H30ClN5O3S. The molecule has 0 aliphatic heterocycles. The van der Waals surface area contributed by atoms with Crippen LogP contribution in [0.5, 0.6) is 0 Å². The van der Waals surface area contributed by atoms with E-state index in [0.717, 1.165) is 51.4 Å². The maximum absolute atomic E-state index is 13.5. The SMILES string of the molecule is O=C(NC1CCCC1)c1ccc2c(=O)n(C(CC3CCCCC3)C(=O)Nc3ncc(Cl)s3)cnc2c1. The summed E-state index contributed by atoms with van der Waals surface area (Å²) in [5.41, 5.74) is 0.630. The fraction of sp³-hybridized carbons (Fsp3) is 0.500. The van der Waals surface area contributed by atoms with Crippen molar-refractivity contribution in [2.75, 3.05) is 5.32 Å². The fourth-order valence-electron chi connectivity index (χ4n) is 5.42. The van der Waals surface area contributed by atoms with Crippen molar-refractivity contribution >= 4 is 50.8 Å². The summed E-state index contributed by atoms with van der Waals surface area (Å²) in [5.74, 6) is -0.0903. The van der Waals surface area contributed by atoms with Crippen LogP contribution in [-0.2, 0) is 4.79 Å². The number of carbonyl (C=O) groups excluding carboxylic acids is 2. The number of thiazole rings is 1. The molecule has 2 N–H and O–H groups in total. The van der Waals surface area contributed by atoms with Gasteiger partial charge in [-0.05, 0) is 43.4 Å². The first kappa shape index (κ1) is 24.9. The predicted molar refractivity (Wildman–Crippen MR) is 142 cm³/mol. The van der Waals surface area contributed by atoms with Gasteiger partial charge in [0, 0.05) is 11.6 Å². The summed E-state index contributed by atoms with van der Waals surface area (Å²) >= 11 is 7.16. The lowest BCUT2D eigenvalue weighted by Gasteiger charge is -2.27. The van der Waals surface area contributed by atoms with Gasteiger partial charge in [0.25, 0.3) is 11.5 Å². The molecule has 3 aromatic rings. The Kier molecular flexibility index (Phi) is 7.67. The molecular weight excluding hydrogens is 498 g/mol. The molecule has 190 valence electrons. The molecule has 5 rings (SSSR count). The summed E-state index contributed by atoms with van der Waals surface area (Å²) in [5, 5.41) is 6.68. The lowest BCUT2D eigenvalue weighted by atomic mass is 9.84. The van der Waals surface area contributed by atoms with Crippen molar-refractivity contribution < 1.29 is 9.59 Å².